The van der Waals surface area contributed by atoms with Crippen LogP contribution in [0.5, 0.6) is 0 Å². The number of hydrogen-bond donors (Lipinski definition) is 1. The van der Waals surface area contributed by atoms with Crippen LogP contribution in [0.1, 0.15) is 39.1 Å². The SMILES string of the molecule is O=C1CCC(N2C(=O)c3cccc(N4CC5(CN(Cc6ccccc6)C5)C4)c3C2=O)C(=O)N1. The molecule has 3 fully saturated rings. The second kappa shape index (κ2) is 7.25. The average Bonchev–Trinajstić information content (AvgIpc) is 3.00. The minimum absolute atomic E-state index is 0.116. The Balaban J connectivity index is 1.16. The van der Waals surface area contributed by atoms with Crippen LogP contribution in [0, 0.1) is 5.41 Å². The second-order valence-corrected chi connectivity index (χ2v) is 9.63. The van der Waals surface area contributed by atoms with Crippen LogP contribution in [0.15, 0.2) is 48.5 Å². The molecule has 0 saturated carbocycles. The van der Waals surface area contributed by atoms with Crippen LogP contribution in [0.4, 0.5) is 5.69 Å². The van der Waals surface area contributed by atoms with Gasteiger partial charge in [-0.05, 0) is 24.1 Å². The van der Waals surface area contributed by atoms with Crippen LogP contribution < -0.4 is 10.2 Å². The van der Waals surface area contributed by atoms with Crippen molar-refractivity contribution in [1.82, 2.24) is 15.1 Å². The van der Waals surface area contributed by atoms with E-state index in [1.54, 1.807) is 12.1 Å². The van der Waals surface area contributed by atoms with Crippen molar-refractivity contribution in [3.8, 4) is 0 Å². The molecule has 33 heavy (non-hydrogen) atoms. The minimum atomic E-state index is -0.941. The van der Waals surface area contributed by atoms with Gasteiger partial charge in [0.15, 0.2) is 0 Å². The number of nitrogens with zero attached hydrogens (tertiary/aromatic N) is 3. The van der Waals surface area contributed by atoms with Gasteiger partial charge in [-0.3, -0.25) is 34.3 Å². The van der Waals surface area contributed by atoms with E-state index < -0.39 is 23.8 Å². The molecule has 0 bridgehead atoms. The number of carbonyl (C=O) groups is 4. The van der Waals surface area contributed by atoms with Gasteiger partial charge in [0.1, 0.15) is 6.04 Å². The summed E-state index contributed by atoms with van der Waals surface area (Å²) in [6.45, 7) is 4.66. The Morgan fingerprint density at radius 3 is 2.36 bits per heavy atom. The summed E-state index contributed by atoms with van der Waals surface area (Å²) >= 11 is 0. The number of likely N-dealkylation sites (tertiary alicyclic amines) is 1. The fraction of sp³-hybridized carbons (Fsp3) is 0.360. The van der Waals surface area contributed by atoms with E-state index in [-0.39, 0.29) is 24.2 Å². The molecule has 4 aliphatic rings. The summed E-state index contributed by atoms with van der Waals surface area (Å²) in [4.78, 5) is 55.8. The molecule has 1 N–H and O–H groups in total. The first-order valence-electron chi connectivity index (χ1n) is 11.3. The van der Waals surface area contributed by atoms with Gasteiger partial charge in [0.25, 0.3) is 11.8 Å². The Morgan fingerprint density at radius 1 is 0.879 bits per heavy atom. The van der Waals surface area contributed by atoms with Gasteiger partial charge in [-0.2, -0.15) is 0 Å². The highest BCUT2D eigenvalue weighted by Crippen LogP contribution is 2.45. The van der Waals surface area contributed by atoms with Gasteiger partial charge in [0.2, 0.25) is 11.8 Å². The van der Waals surface area contributed by atoms with E-state index in [1.165, 1.54) is 5.56 Å². The Labute approximate surface area is 191 Å². The Kier molecular flexibility index (Phi) is 4.42. The predicted octanol–water partition coefficient (Wildman–Crippen LogP) is 1.41. The zero-order valence-corrected chi connectivity index (χ0v) is 18.1. The van der Waals surface area contributed by atoms with Crippen LogP contribution in [0.2, 0.25) is 0 Å². The maximum atomic E-state index is 13.3. The summed E-state index contributed by atoms with van der Waals surface area (Å²) in [5.41, 5.74) is 3.01. The van der Waals surface area contributed by atoms with E-state index in [0.29, 0.717) is 11.1 Å². The molecule has 1 spiro atoms. The highest BCUT2D eigenvalue weighted by atomic mass is 16.2. The normalized spacial score (nSPS) is 23.9. The standard InChI is InChI=1S/C25H24N4O4/c30-20-10-9-19(22(31)26-20)29-23(32)17-7-4-8-18(21(17)24(29)33)28-14-25(15-28)12-27(13-25)11-16-5-2-1-3-6-16/h1-8,19H,9-15H2,(H,26,30,31). The van der Waals surface area contributed by atoms with E-state index in [0.717, 1.165) is 43.3 Å². The van der Waals surface area contributed by atoms with Crippen molar-refractivity contribution < 1.29 is 19.2 Å². The quantitative estimate of drug-likeness (QED) is 0.718. The Morgan fingerprint density at radius 2 is 1.64 bits per heavy atom. The van der Waals surface area contributed by atoms with Gasteiger partial charge < -0.3 is 4.90 Å². The lowest BCUT2D eigenvalue weighted by atomic mass is 9.72. The summed E-state index contributed by atoms with van der Waals surface area (Å²) < 4.78 is 0. The molecule has 6 rings (SSSR count). The number of rotatable bonds is 4. The fourth-order valence-electron chi connectivity index (χ4n) is 5.75. The summed E-state index contributed by atoms with van der Waals surface area (Å²) in [6, 6.07) is 14.8. The molecule has 3 saturated heterocycles. The van der Waals surface area contributed by atoms with Crippen LogP contribution in [-0.4, -0.2) is 65.6 Å². The molecular formula is C25H24N4O4. The molecule has 0 aromatic heterocycles. The first kappa shape index (κ1) is 20.1. The number of anilines is 1. The number of imide groups is 2. The summed E-state index contributed by atoms with van der Waals surface area (Å²) in [6.07, 6.45) is 0.278. The van der Waals surface area contributed by atoms with Crippen LogP contribution in [0.25, 0.3) is 0 Å². The molecule has 8 nitrogen and oxygen atoms in total. The lowest BCUT2D eigenvalue weighted by molar-refractivity contribution is -0.136. The molecule has 2 aromatic rings. The molecule has 168 valence electrons. The van der Waals surface area contributed by atoms with Crippen molar-refractivity contribution in [3.05, 3.63) is 65.2 Å². The molecular weight excluding hydrogens is 420 g/mol. The number of carbonyl (C=O) groups excluding carboxylic acids is 4. The minimum Gasteiger partial charge on any atom is -0.369 e. The van der Waals surface area contributed by atoms with E-state index in [2.05, 4.69) is 39.4 Å². The van der Waals surface area contributed by atoms with E-state index in [1.807, 2.05) is 12.1 Å². The number of hydrogen-bond acceptors (Lipinski definition) is 6. The smallest absolute Gasteiger partial charge is 0.264 e. The van der Waals surface area contributed by atoms with E-state index in [9.17, 15) is 19.2 Å². The second-order valence-electron chi connectivity index (χ2n) is 9.63. The molecule has 4 aliphatic heterocycles. The van der Waals surface area contributed by atoms with Gasteiger partial charge >= 0.3 is 0 Å². The fourth-order valence-corrected chi connectivity index (χ4v) is 5.75. The third-order valence-corrected chi connectivity index (χ3v) is 7.21. The van der Waals surface area contributed by atoms with Crippen molar-refractivity contribution in [2.24, 2.45) is 5.41 Å². The van der Waals surface area contributed by atoms with Crippen molar-refractivity contribution in [2.75, 3.05) is 31.1 Å². The molecule has 4 amide bonds. The first-order chi connectivity index (χ1) is 15.9. The summed E-state index contributed by atoms with van der Waals surface area (Å²) in [5.74, 6) is -1.86. The average molecular weight is 444 g/mol. The third-order valence-electron chi connectivity index (χ3n) is 7.21. The Bertz CT molecular complexity index is 1180. The van der Waals surface area contributed by atoms with E-state index >= 15 is 0 Å². The summed E-state index contributed by atoms with van der Waals surface area (Å²) in [5, 5.41) is 2.24. The van der Waals surface area contributed by atoms with Gasteiger partial charge in [-0.15, -0.1) is 0 Å². The number of piperidine rings is 1. The third kappa shape index (κ3) is 3.16. The Hall–Kier alpha value is -3.52. The molecule has 1 unspecified atom stereocenters. The molecule has 4 heterocycles. The molecule has 0 aliphatic carbocycles. The number of amides is 4. The molecule has 2 aromatic carbocycles. The van der Waals surface area contributed by atoms with Gasteiger partial charge in [0.05, 0.1) is 16.8 Å². The lowest BCUT2D eigenvalue weighted by Gasteiger charge is -2.61. The first-order valence-corrected chi connectivity index (χ1v) is 11.3. The molecule has 1 atom stereocenters. The van der Waals surface area contributed by atoms with Crippen LogP contribution in [0.3, 0.4) is 0 Å². The number of nitrogens with one attached hydrogen (secondary N) is 1. The van der Waals surface area contributed by atoms with Crippen LogP contribution in [-0.2, 0) is 16.1 Å². The highest BCUT2D eigenvalue weighted by Gasteiger charge is 2.53. The van der Waals surface area contributed by atoms with Gasteiger partial charge in [-0.25, -0.2) is 0 Å². The topological polar surface area (TPSA) is 90.0 Å². The predicted molar refractivity (Wildman–Crippen MR) is 119 cm³/mol. The lowest BCUT2D eigenvalue weighted by Crippen LogP contribution is -2.72. The van der Waals surface area contributed by atoms with Gasteiger partial charge in [0, 0.05) is 44.6 Å². The van der Waals surface area contributed by atoms with Crippen LogP contribution >= 0.6 is 0 Å². The van der Waals surface area contributed by atoms with Crippen molar-refractivity contribution >= 4 is 29.3 Å². The molecule has 0 radical (unpaired) electrons. The van der Waals surface area contributed by atoms with Crippen molar-refractivity contribution in [1.29, 1.82) is 0 Å². The summed E-state index contributed by atoms with van der Waals surface area (Å²) in [7, 11) is 0. The van der Waals surface area contributed by atoms with Gasteiger partial charge in [-0.1, -0.05) is 36.4 Å². The maximum absolute atomic E-state index is 13.3. The highest BCUT2D eigenvalue weighted by molar-refractivity contribution is 6.25. The zero-order valence-electron chi connectivity index (χ0n) is 18.1. The number of fused-ring (bicyclic) bond motifs is 1. The monoisotopic (exact) mass is 444 g/mol. The van der Waals surface area contributed by atoms with Crippen molar-refractivity contribution in [2.45, 2.75) is 25.4 Å². The van der Waals surface area contributed by atoms with E-state index in [4.69, 9.17) is 0 Å². The zero-order chi connectivity index (χ0) is 22.7. The molecule has 8 heteroatoms. The maximum Gasteiger partial charge on any atom is 0.264 e. The van der Waals surface area contributed by atoms with Crippen molar-refractivity contribution in [3.63, 3.8) is 0 Å². The number of benzene rings is 2. The largest absolute Gasteiger partial charge is 0.369 e.